The number of benzene rings is 1. The van der Waals surface area contributed by atoms with E-state index in [4.69, 9.17) is 0 Å². The molecular formula is C8H10Te+. The monoisotopic (exact) mass is 236 g/mol. The Bertz CT molecular complexity index is 157. The van der Waals surface area contributed by atoms with Crippen LogP contribution in [0.3, 0.4) is 0 Å². The second kappa shape index (κ2) is 3.93. The molecule has 0 N–H and O–H groups in total. The van der Waals surface area contributed by atoms with Crippen LogP contribution in [0.4, 0.5) is 0 Å². The van der Waals surface area contributed by atoms with E-state index in [2.05, 4.69) is 35.3 Å². The standard InChI is InChI=1S/C8H10Te/c1-9-7-8-5-3-2-4-6-8/h2-6H,7H2,1H3/q+1. The molecule has 0 heterocycles. The van der Waals surface area contributed by atoms with Crippen molar-refractivity contribution >= 4 is 20.9 Å². The van der Waals surface area contributed by atoms with Crippen LogP contribution in [0.15, 0.2) is 30.3 Å². The van der Waals surface area contributed by atoms with E-state index in [1.165, 1.54) is 10.0 Å². The zero-order chi connectivity index (χ0) is 6.53. The Morgan fingerprint density at radius 3 is 2.44 bits per heavy atom. The molecule has 0 aromatic heterocycles. The summed E-state index contributed by atoms with van der Waals surface area (Å²) < 4.78 is 1.34. The van der Waals surface area contributed by atoms with Gasteiger partial charge in [-0.3, -0.25) is 0 Å². The molecule has 1 aromatic carbocycles. The van der Waals surface area contributed by atoms with Gasteiger partial charge in [0.05, 0.1) is 0 Å². The van der Waals surface area contributed by atoms with Gasteiger partial charge in [-0.05, 0) is 0 Å². The van der Waals surface area contributed by atoms with Gasteiger partial charge in [0.25, 0.3) is 0 Å². The molecule has 1 heteroatoms. The van der Waals surface area contributed by atoms with Gasteiger partial charge in [0.15, 0.2) is 0 Å². The van der Waals surface area contributed by atoms with E-state index in [1.54, 1.807) is 0 Å². The van der Waals surface area contributed by atoms with Crippen LogP contribution in [-0.4, -0.2) is 20.9 Å². The van der Waals surface area contributed by atoms with E-state index in [9.17, 15) is 0 Å². The van der Waals surface area contributed by atoms with Crippen molar-refractivity contribution in [1.29, 1.82) is 0 Å². The molecule has 0 amide bonds. The van der Waals surface area contributed by atoms with Gasteiger partial charge in [0.2, 0.25) is 0 Å². The number of hydrogen-bond donors (Lipinski definition) is 0. The van der Waals surface area contributed by atoms with E-state index in [0.717, 1.165) is 0 Å². The van der Waals surface area contributed by atoms with E-state index in [1.807, 2.05) is 0 Å². The van der Waals surface area contributed by atoms with Crippen molar-refractivity contribution in [2.75, 3.05) is 0 Å². The van der Waals surface area contributed by atoms with Crippen molar-refractivity contribution in [3.63, 3.8) is 0 Å². The average molecular weight is 234 g/mol. The minimum absolute atomic E-state index is 0.281. The molecule has 9 heavy (non-hydrogen) atoms. The Morgan fingerprint density at radius 1 is 1.22 bits per heavy atom. The fourth-order valence-electron chi connectivity index (χ4n) is 0.741. The van der Waals surface area contributed by atoms with Crippen molar-refractivity contribution in [3.05, 3.63) is 35.9 Å². The van der Waals surface area contributed by atoms with Gasteiger partial charge in [-0.1, -0.05) is 0 Å². The Balaban J connectivity index is 2.61. The van der Waals surface area contributed by atoms with Crippen LogP contribution >= 0.6 is 0 Å². The van der Waals surface area contributed by atoms with Gasteiger partial charge < -0.3 is 0 Å². The molecule has 0 saturated carbocycles. The van der Waals surface area contributed by atoms with Gasteiger partial charge in [0.1, 0.15) is 0 Å². The summed E-state index contributed by atoms with van der Waals surface area (Å²) in [6, 6.07) is 10.7. The first-order valence-electron chi connectivity index (χ1n) is 2.96. The summed E-state index contributed by atoms with van der Waals surface area (Å²) >= 11 is 0.281. The molecule has 1 aromatic rings. The van der Waals surface area contributed by atoms with E-state index < -0.39 is 0 Å². The second-order valence-electron chi connectivity index (χ2n) is 1.92. The van der Waals surface area contributed by atoms with Crippen molar-refractivity contribution < 1.29 is 0 Å². The predicted molar refractivity (Wildman–Crippen MR) is 41.8 cm³/mol. The van der Waals surface area contributed by atoms with Crippen molar-refractivity contribution in [2.45, 2.75) is 9.44 Å². The Labute approximate surface area is 66.4 Å². The zero-order valence-electron chi connectivity index (χ0n) is 5.50. The quantitative estimate of drug-likeness (QED) is 0.685. The van der Waals surface area contributed by atoms with Gasteiger partial charge in [-0.25, -0.2) is 0 Å². The summed E-state index contributed by atoms with van der Waals surface area (Å²) in [5.74, 6) is 0. The van der Waals surface area contributed by atoms with Crippen LogP contribution in [-0.2, 0) is 4.47 Å². The van der Waals surface area contributed by atoms with Crippen LogP contribution in [0.2, 0.25) is 4.97 Å². The van der Waals surface area contributed by atoms with E-state index in [0.29, 0.717) is 0 Å². The molecule has 0 spiro atoms. The second-order valence-corrected chi connectivity index (χ2v) is 4.39. The fraction of sp³-hybridized carbons (Fsp3) is 0.250. The molecule has 0 aliphatic carbocycles. The van der Waals surface area contributed by atoms with Gasteiger partial charge in [-0.15, -0.1) is 0 Å². The first-order valence-corrected chi connectivity index (χ1v) is 6.94. The maximum absolute atomic E-state index is 2.33. The SMILES string of the molecule is C[Te+]Cc1ccccc1. The van der Waals surface area contributed by atoms with E-state index >= 15 is 0 Å². The van der Waals surface area contributed by atoms with Crippen LogP contribution in [0.25, 0.3) is 0 Å². The Morgan fingerprint density at radius 2 is 1.89 bits per heavy atom. The summed E-state index contributed by atoms with van der Waals surface area (Å²) in [6.07, 6.45) is 0. The summed E-state index contributed by atoms with van der Waals surface area (Å²) in [5.41, 5.74) is 1.50. The first-order chi connectivity index (χ1) is 4.43. The van der Waals surface area contributed by atoms with Crippen molar-refractivity contribution in [1.82, 2.24) is 0 Å². The third-order valence-electron chi connectivity index (χ3n) is 1.15. The van der Waals surface area contributed by atoms with Gasteiger partial charge in [-0.2, -0.15) is 0 Å². The third kappa shape index (κ3) is 2.39. The third-order valence-corrected chi connectivity index (χ3v) is 2.93. The summed E-state index contributed by atoms with van der Waals surface area (Å²) in [6.45, 7) is 0. The van der Waals surface area contributed by atoms with Gasteiger partial charge in [0, 0.05) is 0 Å². The van der Waals surface area contributed by atoms with Gasteiger partial charge >= 0.3 is 66.3 Å². The Hall–Kier alpha value is 0.00961. The molecule has 0 bridgehead atoms. The molecule has 0 nitrogen and oxygen atoms in total. The molecular weight excluding hydrogens is 224 g/mol. The summed E-state index contributed by atoms with van der Waals surface area (Å²) in [7, 11) is 0. The molecule has 0 saturated heterocycles. The first kappa shape index (κ1) is 7.12. The number of rotatable bonds is 2. The molecule has 0 unspecified atom stereocenters. The normalized spacial score (nSPS) is 9.44. The maximum atomic E-state index is 2.33. The summed E-state index contributed by atoms with van der Waals surface area (Å²) in [4.78, 5) is 2.33. The van der Waals surface area contributed by atoms with Crippen LogP contribution in [0.5, 0.6) is 0 Å². The molecule has 1 radical (unpaired) electrons. The Kier molecular flexibility index (Phi) is 3.11. The molecule has 0 aliphatic rings. The molecule has 0 atom stereocenters. The van der Waals surface area contributed by atoms with E-state index in [-0.39, 0.29) is 20.9 Å². The zero-order valence-corrected chi connectivity index (χ0v) is 7.83. The summed E-state index contributed by atoms with van der Waals surface area (Å²) in [5, 5.41) is 0. The van der Waals surface area contributed by atoms with Crippen LogP contribution in [0.1, 0.15) is 5.56 Å². The molecule has 1 rings (SSSR count). The topological polar surface area (TPSA) is 0 Å². The average Bonchev–Trinajstić information content (AvgIpc) is 1.91. The van der Waals surface area contributed by atoms with Crippen molar-refractivity contribution in [2.24, 2.45) is 0 Å². The molecule has 0 fully saturated rings. The number of hydrogen-bond acceptors (Lipinski definition) is 0. The predicted octanol–water partition coefficient (Wildman–Crippen LogP) is 1.94. The van der Waals surface area contributed by atoms with Crippen molar-refractivity contribution in [3.8, 4) is 0 Å². The fourth-order valence-corrected chi connectivity index (χ4v) is 2.24. The minimum atomic E-state index is 0.281. The van der Waals surface area contributed by atoms with Crippen LogP contribution in [0, 0.1) is 0 Å². The molecule has 0 aliphatic heterocycles. The van der Waals surface area contributed by atoms with Crippen LogP contribution < -0.4 is 0 Å². The molecule has 47 valence electrons.